The maximum atomic E-state index is 12.8. The van der Waals surface area contributed by atoms with E-state index in [1.165, 1.54) is 17.7 Å². The van der Waals surface area contributed by atoms with E-state index in [0.717, 1.165) is 46.6 Å². The molecule has 10 heteroatoms. The Labute approximate surface area is 221 Å². The molecular formula is C27H27BrF3N3O3. The molecule has 1 aliphatic rings. The van der Waals surface area contributed by atoms with Gasteiger partial charge in [0.25, 0.3) is 0 Å². The Morgan fingerprint density at radius 2 is 1.73 bits per heavy atom. The summed E-state index contributed by atoms with van der Waals surface area (Å²) in [6, 6.07) is 16.0. The first kappa shape index (κ1) is 26.7. The number of carbonyl (C=O) groups is 1. The number of alkyl halides is 3. The quantitative estimate of drug-likeness (QED) is 0.297. The fourth-order valence-electron chi connectivity index (χ4n) is 4.78. The highest BCUT2D eigenvalue weighted by Crippen LogP contribution is 2.54. The highest BCUT2D eigenvalue weighted by atomic mass is 79.9. The number of methoxy groups -OCH3 is 1. The number of hydrogen-bond acceptors (Lipinski definition) is 4. The van der Waals surface area contributed by atoms with Crippen LogP contribution in [0.1, 0.15) is 32.3 Å². The van der Waals surface area contributed by atoms with Gasteiger partial charge in [-0.3, -0.25) is 0 Å². The lowest BCUT2D eigenvalue weighted by Gasteiger charge is -2.29. The molecule has 1 aliphatic heterocycles. The second-order valence-corrected chi connectivity index (χ2v) is 9.66. The zero-order valence-electron chi connectivity index (χ0n) is 20.6. The van der Waals surface area contributed by atoms with E-state index in [1.54, 1.807) is 13.2 Å². The van der Waals surface area contributed by atoms with Crippen molar-refractivity contribution < 1.29 is 27.4 Å². The first-order valence-electron chi connectivity index (χ1n) is 11.8. The molecule has 0 spiro atoms. The summed E-state index contributed by atoms with van der Waals surface area (Å²) in [5.74, 6) is 0.362. The van der Waals surface area contributed by atoms with Crippen molar-refractivity contribution in [1.82, 2.24) is 0 Å². The van der Waals surface area contributed by atoms with Crippen LogP contribution in [0.15, 0.2) is 65.1 Å². The van der Waals surface area contributed by atoms with Crippen LogP contribution in [-0.2, 0) is 5.41 Å². The van der Waals surface area contributed by atoms with Crippen molar-refractivity contribution in [2.75, 3.05) is 29.2 Å². The predicted octanol–water partition coefficient (Wildman–Crippen LogP) is 8.21. The summed E-state index contributed by atoms with van der Waals surface area (Å²) < 4.78 is 47.8. The third-order valence-corrected chi connectivity index (χ3v) is 7.16. The van der Waals surface area contributed by atoms with Gasteiger partial charge in [-0.25, -0.2) is 4.79 Å². The first-order valence-corrected chi connectivity index (χ1v) is 12.6. The molecule has 0 atom stereocenters. The molecule has 6 nitrogen and oxygen atoms in total. The number of nitrogens with one attached hydrogen (secondary N) is 2. The summed E-state index contributed by atoms with van der Waals surface area (Å²) in [6.45, 7) is 5.06. The lowest BCUT2D eigenvalue weighted by atomic mass is 9.77. The largest absolute Gasteiger partial charge is 0.573 e. The maximum Gasteiger partial charge on any atom is 0.573 e. The molecule has 3 aromatic rings. The summed E-state index contributed by atoms with van der Waals surface area (Å²) in [4.78, 5) is 15.0. The van der Waals surface area contributed by atoms with Crippen LogP contribution in [0.3, 0.4) is 0 Å². The van der Waals surface area contributed by atoms with E-state index < -0.39 is 12.4 Å². The van der Waals surface area contributed by atoms with Crippen LogP contribution in [0, 0.1) is 0 Å². The number of ether oxygens (including phenoxy) is 2. The number of fused-ring (bicyclic) bond motifs is 1. The van der Waals surface area contributed by atoms with Crippen molar-refractivity contribution in [2.24, 2.45) is 0 Å². The molecule has 196 valence electrons. The fourth-order valence-corrected chi connectivity index (χ4v) is 5.22. The van der Waals surface area contributed by atoms with Gasteiger partial charge in [-0.1, -0.05) is 41.9 Å². The average molecular weight is 578 g/mol. The molecule has 0 bridgehead atoms. The van der Waals surface area contributed by atoms with Gasteiger partial charge in [0.15, 0.2) is 0 Å². The van der Waals surface area contributed by atoms with E-state index >= 15 is 0 Å². The summed E-state index contributed by atoms with van der Waals surface area (Å²) in [5, 5.41) is 5.53. The number of benzene rings is 3. The van der Waals surface area contributed by atoms with Crippen LogP contribution in [-0.4, -0.2) is 26.0 Å². The molecule has 0 saturated heterocycles. The Kier molecular flexibility index (Phi) is 7.59. The number of halogens is 4. The molecule has 37 heavy (non-hydrogen) atoms. The van der Waals surface area contributed by atoms with Crippen molar-refractivity contribution in [1.29, 1.82) is 0 Å². The van der Waals surface area contributed by atoms with Gasteiger partial charge < -0.3 is 25.0 Å². The van der Waals surface area contributed by atoms with Gasteiger partial charge in [-0.15, -0.1) is 13.2 Å². The van der Waals surface area contributed by atoms with Crippen molar-refractivity contribution in [3.05, 3.63) is 70.7 Å². The molecule has 1 heterocycles. The highest BCUT2D eigenvalue weighted by molar-refractivity contribution is 9.10. The standard InChI is InChI=1S/C27H27BrF3N3O3/c1-4-26(5-2)16-34(24-20(26)14-17(28)15-23(24)36-3)22-9-7-6-8-21(22)33-25(35)32-18-10-12-19(13-11-18)37-27(29,30)31/h6-15H,4-5,16H2,1-3H3,(H2,32,33,35). The number of urea groups is 1. The van der Waals surface area contributed by atoms with Crippen LogP contribution in [0.25, 0.3) is 0 Å². The molecule has 0 fully saturated rings. The molecule has 0 unspecified atom stereocenters. The van der Waals surface area contributed by atoms with Gasteiger partial charge in [-0.05, 0) is 66.9 Å². The lowest BCUT2D eigenvalue weighted by molar-refractivity contribution is -0.274. The van der Waals surface area contributed by atoms with E-state index in [1.807, 2.05) is 24.3 Å². The third kappa shape index (κ3) is 5.64. The SMILES string of the molecule is CCC1(CC)CN(c2ccccc2NC(=O)Nc2ccc(OC(F)(F)F)cc2)c2c(OC)cc(Br)cc21. The number of carbonyl (C=O) groups excluding carboxylic acids is 1. The highest BCUT2D eigenvalue weighted by Gasteiger charge is 2.43. The fraction of sp³-hybridized carbons (Fsp3) is 0.296. The van der Waals surface area contributed by atoms with Crippen molar-refractivity contribution in [3.63, 3.8) is 0 Å². The minimum absolute atomic E-state index is 0.0952. The molecule has 4 rings (SSSR count). The van der Waals surface area contributed by atoms with Crippen molar-refractivity contribution in [2.45, 2.75) is 38.5 Å². The number of nitrogens with zero attached hydrogens (tertiary/aromatic N) is 1. The molecule has 0 aliphatic carbocycles. The summed E-state index contributed by atoms with van der Waals surface area (Å²) in [6.07, 6.45) is -2.93. The van der Waals surface area contributed by atoms with E-state index in [0.29, 0.717) is 17.9 Å². The maximum absolute atomic E-state index is 12.8. The normalized spacial score (nSPS) is 14.2. The Bertz CT molecular complexity index is 1280. The van der Waals surface area contributed by atoms with Gasteiger partial charge in [0.1, 0.15) is 11.5 Å². The average Bonchev–Trinajstić information content (AvgIpc) is 3.18. The Balaban J connectivity index is 1.61. The van der Waals surface area contributed by atoms with Crippen molar-refractivity contribution in [3.8, 4) is 11.5 Å². The Hall–Kier alpha value is -3.40. The zero-order valence-corrected chi connectivity index (χ0v) is 22.2. The molecule has 3 aromatic carbocycles. The lowest BCUT2D eigenvalue weighted by Crippen LogP contribution is -2.31. The predicted molar refractivity (Wildman–Crippen MR) is 142 cm³/mol. The Morgan fingerprint density at radius 1 is 1.05 bits per heavy atom. The van der Waals surface area contributed by atoms with Crippen LogP contribution in [0.2, 0.25) is 0 Å². The zero-order chi connectivity index (χ0) is 26.8. The molecule has 2 amide bonds. The van der Waals surface area contributed by atoms with Crippen LogP contribution in [0.5, 0.6) is 11.5 Å². The Morgan fingerprint density at radius 3 is 2.35 bits per heavy atom. The number of amides is 2. The van der Waals surface area contributed by atoms with Crippen molar-refractivity contribution >= 4 is 44.7 Å². The molecule has 0 radical (unpaired) electrons. The van der Waals surface area contributed by atoms with Gasteiger partial charge in [0.05, 0.1) is 24.2 Å². The van der Waals surface area contributed by atoms with Gasteiger partial charge in [0.2, 0.25) is 0 Å². The van der Waals surface area contributed by atoms with Crippen LogP contribution in [0.4, 0.5) is 40.7 Å². The van der Waals surface area contributed by atoms with Gasteiger partial charge in [0, 0.05) is 22.1 Å². The second kappa shape index (κ2) is 10.5. The minimum Gasteiger partial charge on any atom is -0.495 e. The summed E-state index contributed by atoms with van der Waals surface area (Å²) in [5.41, 5.74) is 3.75. The summed E-state index contributed by atoms with van der Waals surface area (Å²) >= 11 is 3.61. The minimum atomic E-state index is -4.78. The number of hydrogen-bond donors (Lipinski definition) is 2. The molecular weight excluding hydrogens is 551 g/mol. The summed E-state index contributed by atoms with van der Waals surface area (Å²) in [7, 11) is 1.64. The van der Waals surface area contributed by atoms with E-state index in [9.17, 15) is 18.0 Å². The molecule has 0 saturated carbocycles. The second-order valence-electron chi connectivity index (χ2n) is 8.75. The van der Waals surface area contributed by atoms with E-state index in [2.05, 4.69) is 56.1 Å². The topological polar surface area (TPSA) is 62.8 Å². The number of rotatable bonds is 7. The van der Waals surface area contributed by atoms with Gasteiger partial charge in [-0.2, -0.15) is 0 Å². The van der Waals surface area contributed by atoms with E-state index in [-0.39, 0.29) is 11.2 Å². The first-order chi connectivity index (χ1) is 17.6. The molecule has 2 N–H and O–H groups in total. The van der Waals surface area contributed by atoms with Crippen LogP contribution < -0.4 is 25.0 Å². The van der Waals surface area contributed by atoms with Crippen LogP contribution >= 0.6 is 15.9 Å². The molecule has 0 aromatic heterocycles. The monoisotopic (exact) mass is 577 g/mol. The smallest absolute Gasteiger partial charge is 0.495 e. The third-order valence-electron chi connectivity index (χ3n) is 6.70. The number of anilines is 4. The van der Waals surface area contributed by atoms with Gasteiger partial charge >= 0.3 is 12.4 Å². The van der Waals surface area contributed by atoms with E-state index in [4.69, 9.17) is 4.74 Å². The number of para-hydroxylation sites is 2.